The third kappa shape index (κ3) is 4.03. The summed E-state index contributed by atoms with van der Waals surface area (Å²) >= 11 is 1.66. The standard InChI is InChI=1S/C22H25N3O2S/c1-16-6-8-17(9-7-16)20-15-22(27-24-20)10-12-25(13-11-22)21(26)23-18-4-3-5-19(14-18)28-2/h3-9,14-15,24H,10-13H2,1-2H3,(H,23,26). The van der Waals surface area contributed by atoms with Gasteiger partial charge in [-0.1, -0.05) is 35.9 Å². The number of thioether (sulfide) groups is 1. The third-order valence-electron chi connectivity index (χ3n) is 5.35. The number of benzene rings is 2. The molecule has 2 aromatic rings. The Labute approximate surface area is 170 Å². The summed E-state index contributed by atoms with van der Waals surface area (Å²) in [4.78, 5) is 21.6. The number of carbonyl (C=O) groups is 1. The molecule has 0 unspecified atom stereocenters. The number of hydrogen-bond donors (Lipinski definition) is 2. The molecule has 0 radical (unpaired) electrons. The van der Waals surface area contributed by atoms with Crippen LogP contribution >= 0.6 is 11.8 Å². The maximum absolute atomic E-state index is 12.6. The van der Waals surface area contributed by atoms with Gasteiger partial charge in [-0.25, -0.2) is 4.79 Å². The highest BCUT2D eigenvalue weighted by Gasteiger charge is 2.39. The molecule has 2 aliphatic heterocycles. The number of anilines is 1. The minimum atomic E-state index is -0.338. The number of urea groups is 1. The summed E-state index contributed by atoms with van der Waals surface area (Å²) in [5, 5.41) is 3.01. The van der Waals surface area contributed by atoms with Crippen molar-refractivity contribution in [2.45, 2.75) is 30.3 Å². The van der Waals surface area contributed by atoms with Crippen molar-refractivity contribution in [3.05, 3.63) is 65.7 Å². The van der Waals surface area contributed by atoms with Gasteiger partial charge in [0.25, 0.3) is 0 Å². The van der Waals surface area contributed by atoms with E-state index in [1.54, 1.807) is 11.8 Å². The van der Waals surface area contributed by atoms with Crippen LogP contribution in [-0.4, -0.2) is 35.9 Å². The Balaban J connectivity index is 1.37. The van der Waals surface area contributed by atoms with Crippen molar-refractivity contribution in [2.75, 3.05) is 24.7 Å². The molecule has 146 valence electrons. The van der Waals surface area contributed by atoms with E-state index in [2.05, 4.69) is 48.1 Å². The Morgan fingerprint density at radius 1 is 1.18 bits per heavy atom. The zero-order valence-electron chi connectivity index (χ0n) is 16.2. The minimum Gasteiger partial charge on any atom is -0.324 e. The summed E-state index contributed by atoms with van der Waals surface area (Å²) in [5.41, 5.74) is 6.95. The van der Waals surface area contributed by atoms with Gasteiger partial charge in [-0.05, 0) is 43.0 Å². The van der Waals surface area contributed by atoms with Crippen LogP contribution in [0.1, 0.15) is 24.0 Å². The van der Waals surface area contributed by atoms with Crippen LogP contribution in [0.3, 0.4) is 0 Å². The van der Waals surface area contributed by atoms with Crippen molar-refractivity contribution in [3.8, 4) is 0 Å². The van der Waals surface area contributed by atoms with E-state index in [-0.39, 0.29) is 11.6 Å². The highest BCUT2D eigenvalue weighted by Crippen LogP contribution is 2.35. The summed E-state index contributed by atoms with van der Waals surface area (Å²) in [7, 11) is 0. The predicted molar refractivity (Wildman–Crippen MR) is 114 cm³/mol. The molecule has 2 aliphatic rings. The number of rotatable bonds is 3. The second-order valence-electron chi connectivity index (χ2n) is 7.34. The fourth-order valence-corrected chi connectivity index (χ4v) is 4.05. The van der Waals surface area contributed by atoms with E-state index in [0.29, 0.717) is 13.1 Å². The lowest BCUT2D eigenvalue weighted by molar-refractivity contribution is -0.0634. The molecule has 2 aromatic carbocycles. The van der Waals surface area contributed by atoms with Crippen molar-refractivity contribution in [1.82, 2.24) is 10.4 Å². The Morgan fingerprint density at radius 2 is 1.93 bits per heavy atom. The first kappa shape index (κ1) is 18.9. The molecule has 0 atom stereocenters. The lowest BCUT2D eigenvalue weighted by Gasteiger charge is -2.36. The fraction of sp³-hybridized carbons (Fsp3) is 0.318. The molecule has 0 bridgehead atoms. The molecule has 1 spiro atoms. The number of hydrogen-bond acceptors (Lipinski definition) is 4. The molecule has 4 rings (SSSR count). The molecule has 0 saturated carbocycles. The topological polar surface area (TPSA) is 53.6 Å². The van der Waals surface area contributed by atoms with Gasteiger partial charge in [0.15, 0.2) is 0 Å². The van der Waals surface area contributed by atoms with Crippen LogP contribution in [0.2, 0.25) is 0 Å². The Morgan fingerprint density at radius 3 is 2.64 bits per heavy atom. The highest BCUT2D eigenvalue weighted by molar-refractivity contribution is 7.98. The first-order chi connectivity index (χ1) is 13.6. The molecule has 0 aliphatic carbocycles. The largest absolute Gasteiger partial charge is 0.324 e. The van der Waals surface area contributed by atoms with Crippen LogP contribution in [0.15, 0.2) is 59.5 Å². The summed E-state index contributed by atoms with van der Waals surface area (Å²) in [5.74, 6) is 0. The number of piperidine rings is 1. The lowest BCUT2D eigenvalue weighted by atomic mass is 9.90. The van der Waals surface area contributed by atoms with Gasteiger partial charge < -0.3 is 10.2 Å². The molecule has 28 heavy (non-hydrogen) atoms. The Hall–Kier alpha value is -2.44. The molecule has 5 nitrogen and oxygen atoms in total. The smallest absolute Gasteiger partial charge is 0.321 e. The molecular formula is C22H25N3O2S. The molecule has 2 amide bonds. The number of nitrogens with one attached hydrogen (secondary N) is 2. The average Bonchev–Trinajstić information content (AvgIpc) is 3.12. The van der Waals surface area contributed by atoms with Gasteiger partial charge >= 0.3 is 6.03 Å². The Bertz CT molecular complexity index is 887. The van der Waals surface area contributed by atoms with E-state index < -0.39 is 0 Å². The SMILES string of the molecule is CSc1cccc(NC(=O)N2CCC3(C=C(c4ccc(C)cc4)NO3)CC2)c1. The van der Waals surface area contributed by atoms with Crippen molar-refractivity contribution in [2.24, 2.45) is 0 Å². The van der Waals surface area contributed by atoms with Crippen LogP contribution in [0, 0.1) is 6.92 Å². The molecule has 0 aromatic heterocycles. The van der Waals surface area contributed by atoms with Gasteiger partial charge in [0.05, 0.1) is 5.70 Å². The van der Waals surface area contributed by atoms with Gasteiger partial charge in [0.2, 0.25) is 0 Å². The van der Waals surface area contributed by atoms with E-state index in [1.165, 1.54) is 5.56 Å². The molecule has 2 N–H and O–H groups in total. The Kier molecular flexibility index (Phi) is 5.33. The third-order valence-corrected chi connectivity index (χ3v) is 6.08. The second-order valence-corrected chi connectivity index (χ2v) is 8.22. The summed E-state index contributed by atoms with van der Waals surface area (Å²) in [6.07, 6.45) is 5.75. The van der Waals surface area contributed by atoms with Gasteiger partial charge in [-0.15, -0.1) is 11.8 Å². The zero-order valence-corrected chi connectivity index (χ0v) is 17.0. The monoisotopic (exact) mass is 395 g/mol. The lowest BCUT2D eigenvalue weighted by Crippen LogP contribution is -2.48. The summed E-state index contributed by atoms with van der Waals surface area (Å²) in [6.45, 7) is 3.40. The first-order valence-corrected chi connectivity index (χ1v) is 10.7. The zero-order chi connectivity index (χ0) is 19.6. The molecule has 2 heterocycles. The molecule has 6 heteroatoms. The minimum absolute atomic E-state index is 0.0539. The van der Waals surface area contributed by atoms with Gasteiger partial charge in [0, 0.05) is 36.5 Å². The number of aryl methyl sites for hydroxylation is 1. The van der Waals surface area contributed by atoms with E-state index in [4.69, 9.17) is 4.84 Å². The van der Waals surface area contributed by atoms with Crippen LogP contribution in [-0.2, 0) is 4.84 Å². The molecule has 1 fully saturated rings. The van der Waals surface area contributed by atoms with Crippen LogP contribution in [0.5, 0.6) is 0 Å². The van der Waals surface area contributed by atoms with E-state index in [1.807, 2.05) is 35.4 Å². The summed E-state index contributed by atoms with van der Waals surface area (Å²) in [6, 6.07) is 16.3. The molecular weight excluding hydrogens is 370 g/mol. The van der Waals surface area contributed by atoms with E-state index >= 15 is 0 Å². The maximum atomic E-state index is 12.6. The normalized spacial score (nSPS) is 17.9. The van der Waals surface area contributed by atoms with Crippen molar-refractivity contribution >= 4 is 29.2 Å². The van der Waals surface area contributed by atoms with Gasteiger partial charge in [-0.3, -0.25) is 10.3 Å². The number of amides is 2. The van der Waals surface area contributed by atoms with Crippen LogP contribution in [0.25, 0.3) is 5.70 Å². The highest BCUT2D eigenvalue weighted by atomic mass is 32.2. The first-order valence-electron chi connectivity index (χ1n) is 9.51. The number of hydroxylamine groups is 1. The van der Waals surface area contributed by atoms with E-state index in [0.717, 1.165) is 34.7 Å². The second kappa shape index (κ2) is 7.89. The summed E-state index contributed by atoms with van der Waals surface area (Å²) < 4.78 is 0. The van der Waals surface area contributed by atoms with E-state index in [9.17, 15) is 4.79 Å². The average molecular weight is 396 g/mol. The van der Waals surface area contributed by atoms with Crippen LogP contribution in [0.4, 0.5) is 10.5 Å². The maximum Gasteiger partial charge on any atom is 0.321 e. The van der Waals surface area contributed by atoms with Crippen molar-refractivity contribution < 1.29 is 9.63 Å². The van der Waals surface area contributed by atoms with Crippen molar-refractivity contribution in [3.63, 3.8) is 0 Å². The van der Waals surface area contributed by atoms with Crippen molar-refractivity contribution in [1.29, 1.82) is 0 Å². The van der Waals surface area contributed by atoms with Gasteiger partial charge in [-0.2, -0.15) is 0 Å². The predicted octanol–water partition coefficient (Wildman–Crippen LogP) is 4.66. The fourth-order valence-electron chi connectivity index (χ4n) is 3.59. The number of carbonyl (C=O) groups excluding carboxylic acids is 1. The van der Waals surface area contributed by atoms with Crippen LogP contribution < -0.4 is 10.8 Å². The quantitative estimate of drug-likeness (QED) is 0.742. The molecule has 1 saturated heterocycles. The number of nitrogens with zero attached hydrogens (tertiary/aromatic N) is 1. The number of likely N-dealkylation sites (tertiary alicyclic amines) is 1. The van der Waals surface area contributed by atoms with Gasteiger partial charge in [0.1, 0.15) is 5.60 Å².